The fourth-order valence-electron chi connectivity index (χ4n) is 4.66. The highest BCUT2D eigenvalue weighted by atomic mass is 35.5. The lowest BCUT2D eigenvalue weighted by Gasteiger charge is -2.11. The number of rotatable bonds is 9. The van der Waals surface area contributed by atoms with Gasteiger partial charge in [-0.3, -0.25) is 4.72 Å². The van der Waals surface area contributed by atoms with Crippen LogP contribution in [0, 0.1) is 0 Å². The normalized spacial score (nSPS) is 12.5. The average Bonchev–Trinajstić information content (AvgIpc) is 3.37. The zero-order valence-corrected chi connectivity index (χ0v) is 26.3. The Kier molecular flexibility index (Phi) is 9.76. The summed E-state index contributed by atoms with van der Waals surface area (Å²) in [5.74, 6) is -1.50. The minimum atomic E-state index is -4.88. The summed E-state index contributed by atoms with van der Waals surface area (Å²) in [7, 11) is -4.63. The van der Waals surface area contributed by atoms with Crippen molar-refractivity contribution in [2.45, 2.75) is 18.9 Å². The summed E-state index contributed by atoms with van der Waals surface area (Å²) in [6, 6.07) is 22.8. The van der Waals surface area contributed by atoms with E-state index in [4.69, 9.17) is 28.2 Å². The van der Waals surface area contributed by atoms with Crippen LogP contribution in [0.2, 0.25) is 10.0 Å². The molecule has 5 nitrogen and oxygen atoms in total. The fourth-order valence-corrected chi connectivity index (χ4v) is 6.16. The molecule has 0 amide bonds. The Bertz CT molecular complexity index is 2020. The number of alkyl halides is 6. The molecule has 0 spiro atoms. The van der Waals surface area contributed by atoms with E-state index in [1.54, 1.807) is 83.6 Å². The Labute approximate surface area is 276 Å². The van der Waals surface area contributed by atoms with Crippen molar-refractivity contribution in [3.05, 3.63) is 130 Å². The molecule has 5 aromatic rings. The first-order chi connectivity index (χ1) is 22.0. The number of hydrogen-bond donors (Lipinski definition) is 1. The predicted molar refractivity (Wildman–Crippen MR) is 172 cm³/mol. The van der Waals surface area contributed by atoms with Crippen LogP contribution in [0.15, 0.2) is 97.2 Å². The van der Waals surface area contributed by atoms with Gasteiger partial charge in [0.1, 0.15) is 5.82 Å². The van der Waals surface area contributed by atoms with Crippen molar-refractivity contribution in [3.63, 3.8) is 0 Å². The number of imidazole rings is 1. The lowest BCUT2D eigenvalue weighted by Crippen LogP contribution is -2.27. The van der Waals surface area contributed by atoms with Crippen molar-refractivity contribution in [1.29, 1.82) is 0 Å². The van der Waals surface area contributed by atoms with Crippen LogP contribution in [0.4, 0.5) is 32.0 Å². The molecule has 47 heavy (non-hydrogen) atoms. The van der Waals surface area contributed by atoms with Crippen molar-refractivity contribution in [3.8, 4) is 22.4 Å². The lowest BCUT2D eigenvalue weighted by molar-refractivity contribution is -0.137. The summed E-state index contributed by atoms with van der Waals surface area (Å²) >= 11 is 12.5. The van der Waals surface area contributed by atoms with Gasteiger partial charge in [0.15, 0.2) is 5.75 Å². The summed E-state index contributed by atoms with van der Waals surface area (Å²) in [5, 5.41) is 0.816. The van der Waals surface area contributed by atoms with Crippen molar-refractivity contribution in [1.82, 2.24) is 9.55 Å². The average molecular weight is 711 g/mol. The molecule has 0 aliphatic heterocycles. The van der Waals surface area contributed by atoms with Crippen LogP contribution in [0.5, 0.6) is 0 Å². The SMILES string of the molecule is O=S(=O)(CC(F)(F)F)Nc1ccc(Cn2cc(-c3ccc(Cl)cc3Cl)nc2C=Cc2ccc(-c3cccc(C(F)(F)F)c3)cc2)cc1. The van der Waals surface area contributed by atoms with Gasteiger partial charge in [-0.05, 0) is 70.8 Å². The van der Waals surface area contributed by atoms with Gasteiger partial charge in [-0.15, -0.1) is 0 Å². The lowest BCUT2D eigenvalue weighted by atomic mass is 10.0. The number of aromatic nitrogens is 2. The quantitative estimate of drug-likeness (QED) is 0.155. The topological polar surface area (TPSA) is 64.0 Å². The first kappa shape index (κ1) is 34.1. The molecule has 4 aromatic carbocycles. The minimum Gasteiger partial charge on any atom is -0.326 e. The molecule has 0 fully saturated rings. The third kappa shape index (κ3) is 9.18. The molecule has 1 aromatic heterocycles. The maximum atomic E-state index is 13.2. The third-order valence-corrected chi connectivity index (χ3v) is 8.61. The Morgan fingerprint density at radius 3 is 2.15 bits per heavy atom. The van der Waals surface area contributed by atoms with Gasteiger partial charge in [-0.25, -0.2) is 13.4 Å². The Morgan fingerprint density at radius 2 is 1.51 bits per heavy atom. The van der Waals surface area contributed by atoms with Crippen molar-refractivity contribution >= 4 is 51.1 Å². The molecule has 0 radical (unpaired) electrons. The summed E-state index contributed by atoms with van der Waals surface area (Å²) in [6.45, 7) is 0.252. The molecule has 0 aliphatic carbocycles. The van der Waals surface area contributed by atoms with Crippen molar-refractivity contribution in [2.24, 2.45) is 0 Å². The van der Waals surface area contributed by atoms with Crippen LogP contribution < -0.4 is 4.72 Å². The maximum Gasteiger partial charge on any atom is 0.416 e. The minimum absolute atomic E-state index is 0.0223. The predicted octanol–water partition coefficient (Wildman–Crippen LogP) is 10.1. The molecule has 0 saturated carbocycles. The van der Waals surface area contributed by atoms with Crippen LogP contribution in [0.1, 0.15) is 22.5 Å². The number of nitrogens with one attached hydrogen (secondary N) is 1. The summed E-state index contributed by atoms with van der Waals surface area (Å²) < 4.78 is 105. The molecule has 14 heteroatoms. The number of nitrogens with zero attached hydrogens (tertiary/aromatic N) is 2. The van der Waals surface area contributed by atoms with E-state index < -0.39 is 33.7 Å². The van der Waals surface area contributed by atoms with E-state index in [0.717, 1.165) is 17.7 Å². The Morgan fingerprint density at radius 1 is 0.809 bits per heavy atom. The molecule has 1 N–H and O–H groups in total. The maximum absolute atomic E-state index is 13.2. The number of halogens is 8. The second-order valence-corrected chi connectivity index (χ2v) is 13.0. The van der Waals surface area contributed by atoms with E-state index in [-0.39, 0.29) is 12.2 Å². The van der Waals surface area contributed by atoms with Gasteiger partial charge in [0.2, 0.25) is 10.0 Å². The monoisotopic (exact) mass is 709 g/mol. The van der Waals surface area contributed by atoms with E-state index in [1.165, 1.54) is 18.2 Å². The van der Waals surface area contributed by atoms with Crippen LogP contribution in [0.25, 0.3) is 34.5 Å². The molecular weight excluding hydrogens is 687 g/mol. The summed E-state index contributed by atoms with van der Waals surface area (Å²) in [6.07, 6.45) is -4.06. The second kappa shape index (κ2) is 13.5. The molecular formula is C33H23Cl2F6N3O2S. The number of anilines is 1. The first-order valence-corrected chi connectivity index (χ1v) is 16.1. The Balaban J connectivity index is 1.40. The molecule has 0 aliphatic rings. The van der Waals surface area contributed by atoms with Crippen LogP contribution in [0.3, 0.4) is 0 Å². The highest BCUT2D eigenvalue weighted by Crippen LogP contribution is 2.33. The van der Waals surface area contributed by atoms with Gasteiger partial charge in [0.25, 0.3) is 0 Å². The van der Waals surface area contributed by atoms with Crippen LogP contribution >= 0.6 is 23.2 Å². The van der Waals surface area contributed by atoms with E-state index in [1.807, 2.05) is 4.72 Å². The largest absolute Gasteiger partial charge is 0.416 e. The first-order valence-electron chi connectivity index (χ1n) is 13.7. The molecule has 1 heterocycles. The van der Waals surface area contributed by atoms with Gasteiger partial charge >= 0.3 is 12.4 Å². The van der Waals surface area contributed by atoms with Crippen molar-refractivity contribution in [2.75, 3.05) is 10.5 Å². The van der Waals surface area contributed by atoms with Gasteiger partial charge < -0.3 is 4.57 Å². The molecule has 5 rings (SSSR count). The molecule has 0 saturated heterocycles. The van der Waals surface area contributed by atoms with E-state index in [9.17, 15) is 34.8 Å². The molecule has 244 valence electrons. The summed E-state index contributed by atoms with van der Waals surface area (Å²) in [5.41, 5.74) is 2.86. The number of benzene rings is 4. The standard InChI is InChI=1S/C33H23Cl2F6N3O2S/c34-26-11-14-28(29(35)17-26)30-19-44(18-22-6-12-27(13-7-22)43-47(45,46)20-32(36,37)38)31(42-30)15-8-21-4-9-23(10-5-21)24-2-1-3-25(16-24)33(39,40)41/h1-17,19,43H,18,20H2. The molecule has 0 unspecified atom stereocenters. The van der Waals surface area contributed by atoms with Crippen LogP contribution in [-0.2, 0) is 22.7 Å². The van der Waals surface area contributed by atoms with Gasteiger partial charge in [0.05, 0.1) is 16.3 Å². The van der Waals surface area contributed by atoms with E-state index in [0.29, 0.717) is 43.8 Å². The number of hydrogen-bond acceptors (Lipinski definition) is 3. The van der Waals surface area contributed by atoms with E-state index >= 15 is 0 Å². The fraction of sp³-hybridized carbons (Fsp3) is 0.121. The zero-order chi connectivity index (χ0) is 34.0. The summed E-state index contributed by atoms with van der Waals surface area (Å²) in [4.78, 5) is 4.72. The highest BCUT2D eigenvalue weighted by Gasteiger charge is 2.35. The number of sulfonamides is 1. The Hall–Kier alpha value is -4.26. The zero-order valence-electron chi connectivity index (χ0n) is 23.9. The molecule has 0 atom stereocenters. The smallest absolute Gasteiger partial charge is 0.326 e. The van der Waals surface area contributed by atoms with Crippen molar-refractivity contribution < 1.29 is 34.8 Å². The third-order valence-electron chi connectivity index (χ3n) is 6.81. The second-order valence-electron chi connectivity index (χ2n) is 10.4. The van der Waals surface area contributed by atoms with Gasteiger partial charge in [-0.1, -0.05) is 77.8 Å². The van der Waals surface area contributed by atoms with E-state index in [2.05, 4.69) is 0 Å². The van der Waals surface area contributed by atoms with Gasteiger partial charge in [0, 0.05) is 29.0 Å². The van der Waals surface area contributed by atoms with Gasteiger partial charge in [-0.2, -0.15) is 26.3 Å². The van der Waals surface area contributed by atoms with Crippen LogP contribution in [-0.4, -0.2) is 29.9 Å². The highest BCUT2D eigenvalue weighted by molar-refractivity contribution is 7.92. The molecule has 0 bridgehead atoms.